The number of aliphatic hydroxyl groups excluding tert-OH is 4. The van der Waals surface area contributed by atoms with Crippen LogP contribution in [-0.2, 0) is 66.7 Å². The lowest BCUT2D eigenvalue weighted by atomic mass is 9.74. The van der Waals surface area contributed by atoms with E-state index in [2.05, 4.69) is 27.5 Å². The van der Waals surface area contributed by atoms with E-state index >= 15 is 0 Å². The van der Waals surface area contributed by atoms with Gasteiger partial charge >= 0.3 is 11.9 Å². The van der Waals surface area contributed by atoms with Crippen molar-refractivity contribution in [3.8, 4) is 24.7 Å². The van der Waals surface area contributed by atoms with E-state index in [4.69, 9.17) is 66.2 Å². The number of nitrogens with one attached hydrogen (secondary N) is 1. The topological polar surface area (TPSA) is 351 Å². The lowest BCUT2D eigenvalue weighted by molar-refractivity contribution is -0.296. The third-order valence-electron chi connectivity index (χ3n) is 23.3. The van der Waals surface area contributed by atoms with Crippen molar-refractivity contribution in [1.29, 1.82) is 0 Å². The Morgan fingerprint density at radius 3 is 1.25 bits per heavy atom. The van der Waals surface area contributed by atoms with E-state index in [9.17, 15) is 49.8 Å². The van der Waals surface area contributed by atoms with Gasteiger partial charge in [0.15, 0.2) is 24.1 Å². The molecule has 0 bridgehead atoms. The number of ether oxygens (including phenoxy) is 8. The molecule has 0 aromatic carbocycles. The van der Waals surface area contributed by atoms with Gasteiger partial charge in [-0.15, -0.1) is 24.7 Å². The van der Waals surface area contributed by atoms with E-state index in [1.807, 2.05) is 65.4 Å². The van der Waals surface area contributed by atoms with Crippen molar-refractivity contribution in [2.24, 2.45) is 63.4 Å². The zero-order valence-electron chi connectivity index (χ0n) is 65.6. The Kier molecular flexibility index (Phi) is 34.4. The van der Waals surface area contributed by atoms with Gasteiger partial charge in [-0.05, 0) is 160 Å². The van der Waals surface area contributed by atoms with Crippen molar-refractivity contribution in [2.75, 3.05) is 54.5 Å². The molecule has 1 saturated carbocycles. The first-order valence-electron chi connectivity index (χ1n) is 37.8. The second-order valence-electron chi connectivity index (χ2n) is 31.6. The lowest BCUT2D eigenvalue weighted by Gasteiger charge is -2.47. The van der Waals surface area contributed by atoms with Crippen LogP contribution in [0.15, 0.2) is 10.3 Å². The fourth-order valence-corrected chi connectivity index (χ4v) is 16.3. The normalized spacial score (nSPS) is 42.9. The molecule has 0 aromatic heterocycles. The predicted octanol–water partition coefficient (Wildman–Crippen LogP) is 5.86. The third kappa shape index (κ3) is 22.4. The largest absolute Gasteiger partial charge is 0.459 e. The molecule has 1 aliphatic carbocycles. The number of aliphatic hydroxyl groups is 6. The second-order valence-corrected chi connectivity index (χ2v) is 31.6. The van der Waals surface area contributed by atoms with E-state index in [0.717, 1.165) is 51.6 Å². The fourth-order valence-electron chi connectivity index (χ4n) is 16.3. The minimum atomic E-state index is -1.90. The number of nitrogens with two attached hydrogens (primary N) is 1. The summed E-state index contributed by atoms with van der Waals surface area (Å²) in [6.07, 6.45) is 6.11. The maximum absolute atomic E-state index is 14.2. The highest BCUT2D eigenvalue weighted by Crippen LogP contribution is 2.42. The van der Waals surface area contributed by atoms with Gasteiger partial charge in [0, 0.05) is 93.8 Å². The molecule has 5 heterocycles. The Hall–Kier alpha value is -4.30. The van der Waals surface area contributed by atoms with Crippen LogP contribution < -0.4 is 11.1 Å². The number of likely N-dealkylation sites (N-methyl/N-ethyl adjacent to an activating group) is 2. The number of hydrogen-bond donors (Lipinski definition) is 8. The van der Waals surface area contributed by atoms with Gasteiger partial charge in [-0.25, -0.2) is 0 Å². The molecular weight excluding hydrogens is 1330 g/mol. The van der Waals surface area contributed by atoms with Crippen LogP contribution in [0.4, 0.5) is 0 Å². The fraction of sp³-hybridized carbons (Fsp3) is 0.870. The molecule has 26 atom stereocenters. The lowest BCUT2D eigenvalue weighted by Crippen LogP contribution is -2.60. The number of ketones is 2. The quantitative estimate of drug-likeness (QED) is 0.0345. The standard InChI is InChI=1S/C39H67N3O10.C38H65N3O10/c1-12-14-19-42(10)29-20-23(4)49-37(33(29)44)51-35-25(6)32(43)26(7)36(46)50-30(13-2)39(9,47)34(45)24(5)31(22(3)21-38(35,8)48-11)41-52-28-17-15-27(40)16-18-28;1-12-14-19-41(10)28-20-23(4)48-36(32(28)43)50-34-25(6)31(42)26(7)35(45)49-29(13-2)38(9,46)33(44)24(5)30(22(3)21-37(34,8)47-11)40-51-27-15-17-39-18-16-27/h1,22-30,33-35,37,44-45,47H,13-21,40H2,2-11H3;1,22-29,32-34,36,39,43-44,46H,13-21H2,2-11H3/b41-31+;40-30+/t22-,23-,24+,25+,26-,27?,28?,29+,30-,33-,34-,35-,37+,38-,39-;22-,23-,24+,25+,26-,28+,29-,32-,33-,34-,36+,37-,38-/m11/s1. The van der Waals surface area contributed by atoms with Gasteiger partial charge in [-0.1, -0.05) is 65.7 Å². The molecule has 6 aliphatic rings. The molecule has 0 radical (unpaired) electrons. The van der Waals surface area contributed by atoms with Gasteiger partial charge in [-0.2, -0.15) is 0 Å². The number of hydrogen-bond acceptors (Lipinski definition) is 26. The van der Waals surface area contributed by atoms with Gasteiger partial charge in [-0.3, -0.25) is 29.0 Å². The smallest absolute Gasteiger partial charge is 0.316 e. The average molecular weight is 1460 g/mol. The van der Waals surface area contributed by atoms with E-state index in [1.165, 1.54) is 41.9 Å². The van der Waals surface area contributed by atoms with E-state index in [1.54, 1.807) is 41.5 Å². The number of cyclic esters (lactones) is 2. The van der Waals surface area contributed by atoms with Gasteiger partial charge < -0.3 is 89.3 Å². The summed E-state index contributed by atoms with van der Waals surface area (Å²) in [4.78, 5) is 71.7. The highest BCUT2D eigenvalue weighted by molar-refractivity contribution is 6.01. The number of esters is 2. The number of terminal acetylenes is 2. The summed E-state index contributed by atoms with van der Waals surface area (Å²) in [6, 6.07) is -0.546. The molecule has 0 spiro atoms. The number of methoxy groups -OCH3 is 2. The van der Waals surface area contributed by atoms with Gasteiger partial charge in [0.2, 0.25) is 0 Å². The summed E-state index contributed by atoms with van der Waals surface area (Å²) in [6.45, 7) is 30.1. The molecular formula is C77H132N6O20. The third-order valence-corrected chi connectivity index (χ3v) is 23.3. The molecule has 26 heteroatoms. The highest BCUT2D eigenvalue weighted by atomic mass is 16.7. The van der Waals surface area contributed by atoms with Crippen LogP contribution in [0.25, 0.3) is 0 Å². The molecule has 9 N–H and O–H groups in total. The summed E-state index contributed by atoms with van der Waals surface area (Å²) in [5.74, 6) is -4.04. The number of piperidine rings is 1. The maximum atomic E-state index is 14.2. The molecule has 26 nitrogen and oxygen atoms in total. The van der Waals surface area contributed by atoms with E-state index in [0.29, 0.717) is 50.2 Å². The summed E-state index contributed by atoms with van der Waals surface area (Å²) in [5.41, 5.74) is 0.843. The summed E-state index contributed by atoms with van der Waals surface area (Å²) in [7, 11) is 6.83. The van der Waals surface area contributed by atoms with Crippen molar-refractivity contribution in [1.82, 2.24) is 15.1 Å². The number of nitrogens with zero attached hydrogens (tertiary/aromatic N) is 4. The molecule has 6 rings (SSSR count). The predicted molar refractivity (Wildman–Crippen MR) is 390 cm³/mol. The van der Waals surface area contributed by atoms with Gasteiger partial charge in [0.05, 0.1) is 59.2 Å². The maximum Gasteiger partial charge on any atom is 0.316 e. The van der Waals surface area contributed by atoms with Crippen LogP contribution in [0, 0.1) is 72.0 Å². The molecule has 590 valence electrons. The Bertz CT molecular complexity index is 2840. The summed E-state index contributed by atoms with van der Waals surface area (Å²) < 4.78 is 49.8. The average Bonchev–Trinajstić information content (AvgIpc) is 0.780. The van der Waals surface area contributed by atoms with Crippen LogP contribution in [-0.4, -0.2) is 256 Å². The molecule has 6 fully saturated rings. The molecule has 103 heavy (non-hydrogen) atoms. The molecule has 0 aromatic rings. The Morgan fingerprint density at radius 2 is 0.922 bits per heavy atom. The monoisotopic (exact) mass is 1460 g/mol. The number of carbonyl (C=O) groups excluding carboxylic acids is 4. The first kappa shape index (κ1) is 89.3. The molecule has 0 unspecified atom stereocenters. The molecule has 5 aliphatic heterocycles. The minimum Gasteiger partial charge on any atom is -0.459 e. The van der Waals surface area contributed by atoms with E-state index in [-0.39, 0.29) is 68.2 Å². The first-order valence-corrected chi connectivity index (χ1v) is 37.8. The van der Waals surface area contributed by atoms with Crippen LogP contribution in [0.1, 0.15) is 201 Å². The Morgan fingerprint density at radius 1 is 0.573 bits per heavy atom. The highest BCUT2D eigenvalue weighted by Gasteiger charge is 2.55. The van der Waals surface area contributed by atoms with Crippen molar-refractivity contribution in [3.63, 3.8) is 0 Å². The number of oxime groups is 2. The van der Waals surface area contributed by atoms with Crippen LogP contribution >= 0.6 is 0 Å². The first-order chi connectivity index (χ1) is 48.2. The summed E-state index contributed by atoms with van der Waals surface area (Å²) >= 11 is 0. The Balaban J connectivity index is 0.000000371. The zero-order valence-corrected chi connectivity index (χ0v) is 65.6. The van der Waals surface area contributed by atoms with E-state index < -0.39 is 155 Å². The van der Waals surface area contributed by atoms with Gasteiger partial charge in [0.1, 0.15) is 59.7 Å². The number of Topliss-reactive ketones (excluding diaryl/α,β-unsaturated/α-hetero) is 2. The van der Waals surface area contributed by atoms with Crippen molar-refractivity contribution in [2.45, 2.75) is 327 Å². The van der Waals surface area contributed by atoms with Crippen LogP contribution in [0.5, 0.6) is 0 Å². The van der Waals surface area contributed by atoms with Crippen molar-refractivity contribution < 1.29 is 97.4 Å². The van der Waals surface area contributed by atoms with Crippen LogP contribution in [0.2, 0.25) is 0 Å². The number of rotatable bonds is 18. The number of carbonyl (C=O) groups is 4. The van der Waals surface area contributed by atoms with Crippen LogP contribution in [0.3, 0.4) is 0 Å². The Labute approximate surface area is 614 Å². The SMILES string of the molecule is C#CCCN(C)[C@H]1C[C@@H](C)O[C@@H](O[C@@H]2[C@@H](C)C(=O)[C@@H](C)C(=O)O[C@H](CC)[C@@](C)(O)[C@H](O)[C@@H](C)/C(=N/OC3CCC(N)CC3)[C@H](C)C[C@@]2(C)OC)[C@@H]1O.C#CCCN(C)[C@H]1C[C@@H](C)O[C@@H](O[C@@H]2[C@@H](C)C(=O)[C@@H](C)C(=O)O[C@H](CC)[C@@](C)(O)[C@H](O)[C@@H](C)/C(=N/OC3CCNCC3)[C@H](C)C[C@@]2(C)OC)[C@@H]1O. The van der Waals surface area contributed by atoms with Crippen molar-refractivity contribution in [3.05, 3.63) is 0 Å². The molecule has 0 amide bonds. The minimum absolute atomic E-state index is 0.116. The van der Waals surface area contributed by atoms with Crippen molar-refractivity contribution >= 4 is 34.9 Å². The second kappa shape index (κ2) is 39.7. The summed E-state index contributed by atoms with van der Waals surface area (Å²) in [5, 5.41) is 82.9. The molecule has 5 saturated heterocycles. The zero-order chi connectivity index (χ0) is 77.4. The van der Waals surface area contributed by atoms with Gasteiger partial charge in [0.25, 0.3) is 0 Å².